The summed E-state index contributed by atoms with van der Waals surface area (Å²) in [5.41, 5.74) is -0.00479. The predicted molar refractivity (Wildman–Crippen MR) is 74.5 cm³/mol. The average molecular weight is 296 g/mol. The molecular formula is C13H16N2O6. The number of ether oxygens (including phenoxy) is 1. The van der Waals surface area contributed by atoms with Crippen molar-refractivity contribution in [2.24, 2.45) is 0 Å². The first kappa shape index (κ1) is 16.4. The van der Waals surface area contributed by atoms with Crippen LogP contribution in [0.3, 0.4) is 0 Å². The summed E-state index contributed by atoms with van der Waals surface area (Å²) >= 11 is 0. The Morgan fingerprint density at radius 2 is 2.10 bits per heavy atom. The summed E-state index contributed by atoms with van der Waals surface area (Å²) in [4.78, 5) is 34.1. The van der Waals surface area contributed by atoms with Gasteiger partial charge in [-0.15, -0.1) is 0 Å². The van der Waals surface area contributed by atoms with E-state index in [4.69, 9.17) is 9.84 Å². The minimum absolute atomic E-state index is 0.0838. The van der Waals surface area contributed by atoms with E-state index in [1.165, 1.54) is 30.2 Å². The summed E-state index contributed by atoms with van der Waals surface area (Å²) in [6.07, 6.45) is -0.122. The summed E-state index contributed by atoms with van der Waals surface area (Å²) < 4.78 is 5.10. The number of methoxy groups -OCH3 is 1. The van der Waals surface area contributed by atoms with Gasteiger partial charge in [-0.2, -0.15) is 0 Å². The van der Waals surface area contributed by atoms with Gasteiger partial charge < -0.3 is 14.7 Å². The molecule has 8 heteroatoms. The molecule has 0 fully saturated rings. The van der Waals surface area contributed by atoms with Gasteiger partial charge >= 0.3 is 5.97 Å². The highest BCUT2D eigenvalue weighted by Gasteiger charge is 2.22. The second-order valence-electron chi connectivity index (χ2n) is 4.16. The van der Waals surface area contributed by atoms with Crippen LogP contribution in [0.5, 0.6) is 5.75 Å². The molecule has 0 saturated heterocycles. The van der Waals surface area contributed by atoms with E-state index in [9.17, 15) is 19.7 Å². The van der Waals surface area contributed by atoms with Gasteiger partial charge in [-0.05, 0) is 6.07 Å². The second kappa shape index (κ2) is 7.22. The van der Waals surface area contributed by atoms with Gasteiger partial charge in [0.15, 0.2) is 0 Å². The third-order valence-electron chi connectivity index (χ3n) is 2.82. The van der Waals surface area contributed by atoms with Gasteiger partial charge in [0.25, 0.3) is 5.69 Å². The molecule has 21 heavy (non-hydrogen) atoms. The third kappa shape index (κ3) is 4.16. The normalized spacial score (nSPS) is 10.0. The fraction of sp³-hybridized carbons (Fsp3) is 0.385. The molecule has 1 aromatic rings. The minimum atomic E-state index is -1.06. The molecule has 1 amide bonds. The highest BCUT2D eigenvalue weighted by Crippen LogP contribution is 2.32. The van der Waals surface area contributed by atoms with Crippen LogP contribution in [0.25, 0.3) is 0 Å². The van der Waals surface area contributed by atoms with E-state index in [2.05, 4.69) is 0 Å². The number of nitro benzene ring substituents is 1. The number of benzene rings is 1. The van der Waals surface area contributed by atoms with E-state index in [1.807, 2.05) is 0 Å². The predicted octanol–water partition coefficient (Wildman–Crippen LogP) is 1.82. The number of aliphatic carboxylic acids is 1. The Balaban J connectivity index is 3.26. The van der Waals surface area contributed by atoms with E-state index in [1.54, 1.807) is 6.92 Å². The molecule has 0 aliphatic rings. The highest BCUT2D eigenvalue weighted by atomic mass is 16.6. The van der Waals surface area contributed by atoms with Crippen molar-refractivity contribution in [2.45, 2.75) is 19.8 Å². The van der Waals surface area contributed by atoms with E-state index in [-0.39, 0.29) is 42.4 Å². The molecule has 0 atom stereocenters. The van der Waals surface area contributed by atoms with Crippen LogP contribution in [0.4, 0.5) is 11.4 Å². The van der Waals surface area contributed by atoms with Crippen molar-refractivity contribution >= 4 is 23.3 Å². The topological polar surface area (TPSA) is 110 Å². The number of hydrogen-bond acceptors (Lipinski definition) is 5. The van der Waals surface area contributed by atoms with Crippen LogP contribution in [0.15, 0.2) is 18.2 Å². The summed E-state index contributed by atoms with van der Waals surface area (Å²) in [5, 5.41) is 19.6. The van der Waals surface area contributed by atoms with Gasteiger partial charge in [-0.1, -0.05) is 6.92 Å². The highest BCUT2D eigenvalue weighted by molar-refractivity contribution is 5.95. The lowest BCUT2D eigenvalue weighted by atomic mass is 10.2. The van der Waals surface area contributed by atoms with Crippen molar-refractivity contribution in [1.29, 1.82) is 0 Å². The van der Waals surface area contributed by atoms with E-state index < -0.39 is 10.9 Å². The molecule has 0 radical (unpaired) electrons. The Morgan fingerprint density at radius 3 is 2.57 bits per heavy atom. The molecule has 0 aliphatic carbocycles. The number of non-ortho nitro benzene ring substituents is 1. The third-order valence-corrected chi connectivity index (χ3v) is 2.82. The van der Waals surface area contributed by atoms with Crippen molar-refractivity contribution in [3.05, 3.63) is 28.3 Å². The van der Waals surface area contributed by atoms with Crippen LogP contribution in [0, 0.1) is 10.1 Å². The number of rotatable bonds is 7. The molecule has 0 saturated carbocycles. The molecule has 0 aliphatic heterocycles. The van der Waals surface area contributed by atoms with Crippen LogP contribution < -0.4 is 9.64 Å². The van der Waals surface area contributed by atoms with E-state index >= 15 is 0 Å². The number of hydrogen-bond donors (Lipinski definition) is 1. The molecule has 0 unspecified atom stereocenters. The number of carboxylic acids is 1. The summed E-state index contributed by atoms with van der Waals surface area (Å²) in [7, 11) is 1.37. The Kier molecular flexibility index (Phi) is 5.65. The Hall–Kier alpha value is -2.64. The number of amides is 1. The maximum Gasteiger partial charge on any atom is 0.305 e. The van der Waals surface area contributed by atoms with Gasteiger partial charge in [0, 0.05) is 25.1 Å². The van der Waals surface area contributed by atoms with E-state index in [0.29, 0.717) is 0 Å². The Bertz CT molecular complexity index is 558. The molecule has 0 aromatic heterocycles. The zero-order chi connectivity index (χ0) is 16.0. The smallest absolute Gasteiger partial charge is 0.305 e. The molecule has 114 valence electrons. The molecular weight excluding hydrogens is 280 g/mol. The zero-order valence-corrected chi connectivity index (χ0v) is 11.7. The summed E-state index contributed by atoms with van der Waals surface area (Å²) in [6, 6.07) is 3.84. The van der Waals surface area contributed by atoms with Gasteiger partial charge in [-0.25, -0.2) is 0 Å². The van der Waals surface area contributed by atoms with Crippen LogP contribution in [-0.2, 0) is 9.59 Å². The van der Waals surface area contributed by atoms with E-state index in [0.717, 1.165) is 0 Å². The molecule has 0 bridgehead atoms. The first-order chi connectivity index (χ1) is 9.90. The summed E-state index contributed by atoms with van der Waals surface area (Å²) in [6.45, 7) is 1.54. The molecule has 0 spiro atoms. The number of nitrogens with zero attached hydrogens (tertiary/aromatic N) is 2. The number of carbonyl (C=O) groups excluding carboxylic acids is 1. The zero-order valence-electron chi connectivity index (χ0n) is 11.7. The summed E-state index contributed by atoms with van der Waals surface area (Å²) in [5.74, 6) is -1.13. The number of anilines is 1. The second-order valence-corrected chi connectivity index (χ2v) is 4.16. The van der Waals surface area contributed by atoms with Crippen molar-refractivity contribution in [3.8, 4) is 5.75 Å². The van der Waals surface area contributed by atoms with Gasteiger partial charge in [0.2, 0.25) is 5.91 Å². The molecule has 8 nitrogen and oxygen atoms in total. The lowest BCUT2D eigenvalue weighted by Gasteiger charge is -2.23. The molecule has 1 rings (SSSR count). The number of nitro groups is 1. The lowest BCUT2D eigenvalue weighted by Crippen LogP contribution is -2.32. The van der Waals surface area contributed by atoms with Crippen molar-refractivity contribution in [3.63, 3.8) is 0 Å². The van der Waals surface area contributed by atoms with Crippen LogP contribution in [0.2, 0.25) is 0 Å². The van der Waals surface area contributed by atoms with Crippen molar-refractivity contribution < 1.29 is 24.4 Å². The van der Waals surface area contributed by atoms with Gasteiger partial charge in [0.05, 0.1) is 24.1 Å². The maximum absolute atomic E-state index is 12.0. The largest absolute Gasteiger partial charge is 0.495 e. The fourth-order valence-electron chi connectivity index (χ4n) is 1.78. The minimum Gasteiger partial charge on any atom is -0.495 e. The molecule has 1 aromatic carbocycles. The van der Waals surface area contributed by atoms with Crippen LogP contribution in [-0.4, -0.2) is 35.6 Å². The number of carboxylic acid groups (broad SMARTS) is 1. The first-order valence-corrected chi connectivity index (χ1v) is 6.25. The lowest BCUT2D eigenvalue weighted by molar-refractivity contribution is -0.384. The van der Waals surface area contributed by atoms with Crippen molar-refractivity contribution in [1.82, 2.24) is 0 Å². The Morgan fingerprint density at radius 1 is 1.43 bits per heavy atom. The molecule has 1 N–H and O–H groups in total. The standard InChI is InChI=1S/C13H16N2O6/c1-3-12(16)14(7-6-13(17)18)10-8-9(15(19)20)4-5-11(10)21-2/h4-5,8H,3,6-7H2,1-2H3,(H,17,18). The van der Waals surface area contributed by atoms with Crippen LogP contribution in [0.1, 0.15) is 19.8 Å². The maximum atomic E-state index is 12.0. The fourth-order valence-corrected chi connectivity index (χ4v) is 1.78. The molecule has 0 heterocycles. The SMILES string of the molecule is CCC(=O)N(CCC(=O)O)c1cc([N+](=O)[O-])ccc1OC. The van der Waals surface area contributed by atoms with Crippen LogP contribution >= 0.6 is 0 Å². The average Bonchev–Trinajstić information content (AvgIpc) is 2.46. The van der Waals surface area contributed by atoms with Crippen molar-refractivity contribution in [2.75, 3.05) is 18.6 Å². The number of carbonyl (C=O) groups is 2. The van der Waals surface area contributed by atoms with Gasteiger partial charge in [0.1, 0.15) is 5.75 Å². The van der Waals surface area contributed by atoms with Gasteiger partial charge in [-0.3, -0.25) is 19.7 Å². The Labute approximate surface area is 121 Å². The quantitative estimate of drug-likeness (QED) is 0.607. The first-order valence-electron chi connectivity index (χ1n) is 6.25. The monoisotopic (exact) mass is 296 g/mol.